The van der Waals surface area contributed by atoms with Gasteiger partial charge in [0.25, 0.3) is 0 Å². The maximum Gasteiger partial charge on any atom is 0.347 e. The number of nitrogens with one attached hydrogen (secondary N) is 1. The Bertz CT molecular complexity index is 341. The molecule has 1 N–H and O–H groups in total. The first kappa shape index (κ1) is 8.77. The number of aryl methyl sites for hydroxylation is 1. The molecule has 66 valence electrons. The zero-order valence-electron chi connectivity index (χ0n) is 7.80. The van der Waals surface area contributed by atoms with Crippen molar-refractivity contribution in [2.75, 3.05) is 19.0 Å². The van der Waals surface area contributed by atoms with E-state index in [1.807, 2.05) is 32.8 Å². The minimum atomic E-state index is -0.290. The first-order valence-electron chi connectivity index (χ1n) is 3.77. The Labute approximate surface area is 71.3 Å². The predicted octanol–water partition coefficient (Wildman–Crippen LogP) is 0.453. The van der Waals surface area contributed by atoms with Gasteiger partial charge in [0, 0.05) is 25.4 Å². The summed E-state index contributed by atoms with van der Waals surface area (Å²) < 4.78 is 0. The normalized spacial score (nSPS) is 10.0. The van der Waals surface area contributed by atoms with Gasteiger partial charge in [-0.15, -0.1) is 0 Å². The van der Waals surface area contributed by atoms with Crippen LogP contribution >= 0.6 is 0 Å². The van der Waals surface area contributed by atoms with E-state index in [1.165, 1.54) is 0 Å². The highest BCUT2D eigenvalue weighted by Crippen LogP contribution is 2.12. The zero-order valence-corrected chi connectivity index (χ0v) is 7.80. The molecule has 12 heavy (non-hydrogen) atoms. The first-order valence-corrected chi connectivity index (χ1v) is 3.77. The fourth-order valence-corrected chi connectivity index (χ4v) is 1.07. The molecule has 1 rings (SSSR count). The molecule has 0 saturated carbocycles. The molecule has 1 aromatic heterocycles. The van der Waals surface area contributed by atoms with Crippen LogP contribution in [0.5, 0.6) is 0 Å². The van der Waals surface area contributed by atoms with E-state index in [4.69, 9.17) is 0 Å². The van der Waals surface area contributed by atoms with Gasteiger partial charge in [0.15, 0.2) is 0 Å². The van der Waals surface area contributed by atoms with Crippen molar-refractivity contribution in [3.8, 4) is 0 Å². The average Bonchev–Trinajstić information content (AvgIpc) is 1.96. The van der Waals surface area contributed by atoms with Crippen molar-refractivity contribution in [2.45, 2.75) is 13.8 Å². The molecule has 0 fully saturated rings. The van der Waals surface area contributed by atoms with Crippen molar-refractivity contribution in [1.82, 2.24) is 9.97 Å². The van der Waals surface area contributed by atoms with Gasteiger partial charge < -0.3 is 9.88 Å². The van der Waals surface area contributed by atoms with Crippen molar-refractivity contribution in [2.24, 2.45) is 0 Å². The number of nitrogens with zero attached hydrogens (tertiary/aromatic N) is 2. The van der Waals surface area contributed by atoms with Crippen molar-refractivity contribution < 1.29 is 0 Å². The molecule has 0 radical (unpaired) electrons. The lowest BCUT2D eigenvalue weighted by atomic mass is 10.2. The van der Waals surface area contributed by atoms with Crippen LogP contribution in [0, 0.1) is 13.8 Å². The highest BCUT2D eigenvalue weighted by molar-refractivity contribution is 5.45. The molecule has 4 nitrogen and oxygen atoms in total. The molecule has 4 heteroatoms. The van der Waals surface area contributed by atoms with Crippen LogP contribution in [0.2, 0.25) is 0 Å². The van der Waals surface area contributed by atoms with Gasteiger partial charge in [0.1, 0.15) is 5.82 Å². The summed E-state index contributed by atoms with van der Waals surface area (Å²) in [5.74, 6) is 0.733. The number of hydrogen-bond acceptors (Lipinski definition) is 3. The van der Waals surface area contributed by atoms with Crippen molar-refractivity contribution >= 4 is 5.82 Å². The van der Waals surface area contributed by atoms with Crippen LogP contribution in [0.1, 0.15) is 11.3 Å². The Morgan fingerprint density at radius 1 is 1.33 bits per heavy atom. The van der Waals surface area contributed by atoms with E-state index in [0.29, 0.717) is 0 Å². The molecule has 0 bridgehead atoms. The SMILES string of the molecule is Cc1[nH]c(=O)nc(N(C)C)c1C. The molecule has 0 saturated heterocycles. The van der Waals surface area contributed by atoms with Gasteiger partial charge in [-0.3, -0.25) is 0 Å². The minimum Gasteiger partial charge on any atom is -0.362 e. The minimum absolute atomic E-state index is 0.290. The van der Waals surface area contributed by atoms with Gasteiger partial charge in [-0.1, -0.05) is 0 Å². The maximum atomic E-state index is 11.0. The van der Waals surface area contributed by atoms with E-state index in [9.17, 15) is 4.79 Å². The Balaban J connectivity index is 3.38. The van der Waals surface area contributed by atoms with Crippen LogP contribution in [0.4, 0.5) is 5.82 Å². The number of H-pyrrole nitrogens is 1. The maximum absolute atomic E-state index is 11.0. The lowest BCUT2D eigenvalue weighted by Gasteiger charge is -2.14. The lowest BCUT2D eigenvalue weighted by molar-refractivity contribution is 0.947. The summed E-state index contributed by atoms with van der Waals surface area (Å²) in [6, 6.07) is 0. The fourth-order valence-electron chi connectivity index (χ4n) is 1.07. The molecule has 0 spiro atoms. The Morgan fingerprint density at radius 3 is 2.42 bits per heavy atom. The topological polar surface area (TPSA) is 49.0 Å². The summed E-state index contributed by atoms with van der Waals surface area (Å²) in [5.41, 5.74) is 1.60. The lowest BCUT2D eigenvalue weighted by Crippen LogP contribution is -2.21. The molecule has 0 aliphatic rings. The molecule has 0 aliphatic carbocycles. The second-order valence-electron chi connectivity index (χ2n) is 3.01. The van der Waals surface area contributed by atoms with Crippen LogP contribution in [0.15, 0.2) is 4.79 Å². The average molecular weight is 167 g/mol. The number of aromatic amines is 1. The number of aromatic nitrogens is 2. The molecule has 0 amide bonds. The van der Waals surface area contributed by atoms with E-state index in [0.717, 1.165) is 17.1 Å². The summed E-state index contributed by atoms with van der Waals surface area (Å²) >= 11 is 0. The van der Waals surface area contributed by atoms with Gasteiger partial charge in [-0.25, -0.2) is 4.79 Å². The van der Waals surface area contributed by atoms with Crippen LogP contribution in [0.3, 0.4) is 0 Å². The summed E-state index contributed by atoms with van der Waals surface area (Å²) in [5, 5.41) is 0. The van der Waals surface area contributed by atoms with Crippen LogP contribution in [-0.2, 0) is 0 Å². The molecule has 1 heterocycles. The second-order valence-corrected chi connectivity index (χ2v) is 3.01. The van der Waals surface area contributed by atoms with Crippen molar-refractivity contribution in [3.05, 3.63) is 21.7 Å². The number of anilines is 1. The van der Waals surface area contributed by atoms with Crippen molar-refractivity contribution in [3.63, 3.8) is 0 Å². The van der Waals surface area contributed by atoms with E-state index in [-0.39, 0.29) is 5.69 Å². The number of rotatable bonds is 1. The molecular formula is C8H13N3O. The van der Waals surface area contributed by atoms with Crippen LogP contribution in [0.25, 0.3) is 0 Å². The van der Waals surface area contributed by atoms with Crippen LogP contribution < -0.4 is 10.6 Å². The first-order chi connectivity index (χ1) is 5.52. The second kappa shape index (κ2) is 2.97. The van der Waals surface area contributed by atoms with Gasteiger partial charge in [0.05, 0.1) is 0 Å². The third-order valence-corrected chi connectivity index (χ3v) is 1.82. The van der Waals surface area contributed by atoms with Crippen LogP contribution in [-0.4, -0.2) is 24.1 Å². The Morgan fingerprint density at radius 2 is 1.92 bits per heavy atom. The summed E-state index contributed by atoms with van der Waals surface area (Å²) in [4.78, 5) is 19.3. The molecular weight excluding hydrogens is 154 g/mol. The molecule has 1 aromatic rings. The van der Waals surface area contributed by atoms with E-state index in [1.54, 1.807) is 0 Å². The molecule has 0 aromatic carbocycles. The summed E-state index contributed by atoms with van der Waals surface area (Å²) in [6.45, 7) is 3.80. The van der Waals surface area contributed by atoms with Gasteiger partial charge in [-0.2, -0.15) is 4.98 Å². The van der Waals surface area contributed by atoms with Gasteiger partial charge >= 0.3 is 5.69 Å². The number of hydrogen-bond donors (Lipinski definition) is 1. The quantitative estimate of drug-likeness (QED) is 0.660. The molecule has 0 atom stereocenters. The third-order valence-electron chi connectivity index (χ3n) is 1.82. The largest absolute Gasteiger partial charge is 0.362 e. The standard InChI is InChI=1S/C8H13N3O/c1-5-6(2)9-8(12)10-7(5)11(3)4/h1-4H3,(H,9,10,12). The monoisotopic (exact) mass is 167 g/mol. The fraction of sp³-hybridized carbons (Fsp3) is 0.500. The Kier molecular flexibility index (Phi) is 2.17. The zero-order chi connectivity index (χ0) is 9.30. The molecule has 0 unspecified atom stereocenters. The van der Waals surface area contributed by atoms with Crippen molar-refractivity contribution in [1.29, 1.82) is 0 Å². The van der Waals surface area contributed by atoms with E-state index >= 15 is 0 Å². The predicted molar refractivity (Wildman–Crippen MR) is 48.7 cm³/mol. The smallest absolute Gasteiger partial charge is 0.347 e. The highest BCUT2D eigenvalue weighted by atomic mass is 16.1. The summed E-state index contributed by atoms with van der Waals surface area (Å²) in [6.07, 6.45) is 0. The Hall–Kier alpha value is -1.32. The van der Waals surface area contributed by atoms with Gasteiger partial charge in [0.2, 0.25) is 0 Å². The molecule has 0 aliphatic heterocycles. The van der Waals surface area contributed by atoms with Gasteiger partial charge in [-0.05, 0) is 13.8 Å². The van der Waals surface area contributed by atoms with E-state index < -0.39 is 0 Å². The third kappa shape index (κ3) is 1.47. The highest BCUT2D eigenvalue weighted by Gasteiger charge is 2.05. The summed E-state index contributed by atoms with van der Waals surface area (Å²) in [7, 11) is 3.74. The van der Waals surface area contributed by atoms with E-state index in [2.05, 4.69) is 9.97 Å².